The van der Waals surface area contributed by atoms with E-state index < -0.39 is 17.8 Å². The normalized spacial score (nSPS) is 22.4. The van der Waals surface area contributed by atoms with Gasteiger partial charge in [0.05, 0.1) is 25.8 Å². The van der Waals surface area contributed by atoms with Crippen molar-refractivity contribution in [3.8, 4) is 11.5 Å². The largest absolute Gasteiger partial charge is 0.496 e. The van der Waals surface area contributed by atoms with E-state index in [4.69, 9.17) is 14.2 Å². The molecule has 1 N–H and O–H groups in total. The molecule has 7 heteroatoms. The fourth-order valence-electron chi connectivity index (χ4n) is 4.91. The van der Waals surface area contributed by atoms with Gasteiger partial charge in [-0.05, 0) is 51.7 Å². The van der Waals surface area contributed by atoms with Gasteiger partial charge in [-0.15, -0.1) is 0 Å². The molecule has 0 fully saturated rings. The molecule has 3 atom stereocenters. The Morgan fingerprint density at radius 1 is 1.06 bits per heavy atom. The number of hydrogen-bond donors (Lipinski definition) is 1. The Morgan fingerprint density at radius 3 is 2.45 bits per heavy atom. The number of rotatable bonds is 5. The van der Waals surface area contributed by atoms with Crippen molar-refractivity contribution in [2.75, 3.05) is 21.3 Å². The van der Waals surface area contributed by atoms with Gasteiger partial charge in [0.15, 0.2) is 5.78 Å². The molecular formula is C26H26BrNO5. The highest BCUT2D eigenvalue weighted by Gasteiger charge is 2.45. The van der Waals surface area contributed by atoms with E-state index in [9.17, 15) is 9.59 Å². The Bertz CT molecular complexity index is 1160. The molecule has 0 bridgehead atoms. The number of hydrogen-bond acceptors (Lipinski definition) is 6. The smallest absolute Gasteiger partial charge is 0.315 e. The quantitative estimate of drug-likeness (QED) is 0.578. The summed E-state index contributed by atoms with van der Waals surface area (Å²) in [6.45, 7) is 4.13. The zero-order valence-corrected chi connectivity index (χ0v) is 20.4. The van der Waals surface area contributed by atoms with E-state index in [1.807, 2.05) is 42.5 Å². The first kappa shape index (κ1) is 23.1. The van der Waals surface area contributed by atoms with Crippen molar-refractivity contribution < 1.29 is 23.8 Å². The lowest BCUT2D eigenvalue weighted by molar-refractivity contribution is -0.144. The zero-order chi connectivity index (χ0) is 23.7. The van der Waals surface area contributed by atoms with Gasteiger partial charge in [-0.1, -0.05) is 30.8 Å². The van der Waals surface area contributed by atoms with Crippen LogP contribution in [0.1, 0.15) is 35.8 Å². The number of Topliss-reactive ketones (excluding diaryl/α,β-unsaturated/α-hetero) is 1. The highest BCUT2D eigenvalue weighted by Crippen LogP contribution is 2.48. The van der Waals surface area contributed by atoms with E-state index in [1.165, 1.54) is 7.11 Å². The summed E-state index contributed by atoms with van der Waals surface area (Å²) in [6.07, 6.45) is 0.942. The van der Waals surface area contributed by atoms with Gasteiger partial charge >= 0.3 is 5.97 Å². The SMILES string of the molecule is C=C1NC2=C(C(=O)CC(c3ccccc3OC)C2)C(c2ccc(OC)c(Br)c2)C1C(=O)OC. The summed E-state index contributed by atoms with van der Waals surface area (Å²) < 4.78 is 16.7. The second-order valence-electron chi connectivity index (χ2n) is 8.19. The van der Waals surface area contributed by atoms with Gasteiger partial charge in [-0.2, -0.15) is 0 Å². The number of carbonyl (C=O) groups excluding carboxylic acids is 2. The number of ether oxygens (including phenoxy) is 3. The number of benzene rings is 2. The van der Waals surface area contributed by atoms with Crippen molar-refractivity contribution in [2.45, 2.75) is 24.7 Å². The van der Waals surface area contributed by atoms with E-state index in [1.54, 1.807) is 14.2 Å². The van der Waals surface area contributed by atoms with Gasteiger partial charge in [-0.3, -0.25) is 9.59 Å². The molecule has 33 heavy (non-hydrogen) atoms. The predicted molar refractivity (Wildman–Crippen MR) is 128 cm³/mol. The van der Waals surface area contributed by atoms with E-state index in [2.05, 4.69) is 27.8 Å². The minimum Gasteiger partial charge on any atom is -0.496 e. The summed E-state index contributed by atoms with van der Waals surface area (Å²) in [4.78, 5) is 26.4. The van der Waals surface area contributed by atoms with E-state index in [0.29, 0.717) is 29.9 Å². The Kier molecular flexibility index (Phi) is 6.61. The summed E-state index contributed by atoms with van der Waals surface area (Å²) in [5, 5.41) is 3.27. The number of halogens is 1. The molecule has 2 aliphatic rings. The fourth-order valence-corrected chi connectivity index (χ4v) is 5.47. The van der Waals surface area contributed by atoms with Crippen LogP contribution in [-0.4, -0.2) is 33.1 Å². The molecule has 1 aliphatic carbocycles. The van der Waals surface area contributed by atoms with Crippen LogP contribution in [0.4, 0.5) is 0 Å². The molecule has 172 valence electrons. The Balaban J connectivity index is 1.82. The molecule has 0 aromatic heterocycles. The van der Waals surface area contributed by atoms with Gasteiger partial charge in [0, 0.05) is 35.2 Å². The molecule has 2 aromatic carbocycles. The Hall–Kier alpha value is -3.06. The average molecular weight is 512 g/mol. The molecule has 0 radical (unpaired) electrons. The monoisotopic (exact) mass is 511 g/mol. The molecule has 0 spiro atoms. The number of para-hydroxylation sites is 1. The van der Waals surface area contributed by atoms with Crippen LogP contribution < -0.4 is 14.8 Å². The predicted octanol–water partition coefficient (Wildman–Crippen LogP) is 4.86. The van der Waals surface area contributed by atoms with E-state index in [-0.39, 0.29) is 11.7 Å². The molecule has 6 nitrogen and oxygen atoms in total. The van der Waals surface area contributed by atoms with Crippen LogP contribution in [-0.2, 0) is 14.3 Å². The first-order chi connectivity index (χ1) is 15.9. The topological polar surface area (TPSA) is 73.9 Å². The van der Waals surface area contributed by atoms with Crippen LogP contribution in [0.15, 0.2) is 70.5 Å². The second-order valence-corrected chi connectivity index (χ2v) is 9.04. The molecule has 2 aromatic rings. The molecular weight excluding hydrogens is 486 g/mol. The molecule has 0 amide bonds. The number of nitrogens with one attached hydrogen (secondary N) is 1. The molecule has 0 saturated heterocycles. The maximum Gasteiger partial charge on any atom is 0.315 e. The van der Waals surface area contributed by atoms with E-state index in [0.717, 1.165) is 27.0 Å². The third-order valence-electron chi connectivity index (χ3n) is 6.41. The number of methoxy groups -OCH3 is 3. The molecule has 1 aliphatic heterocycles. The van der Waals surface area contributed by atoms with Crippen LogP contribution >= 0.6 is 15.9 Å². The number of ketones is 1. The van der Waals surface area contributed by atoms with Crippen LogP contribution in [0.2, 0.25) is 0 Å². The van der Waals surface area contributed by atoms with Gasteiger partial charge in [0.1, 0.15) is 17.4 Å². The maximum absolute atomic E-state index is 13.6. The molecule has 0 saturated carbocycles. The first-order valence-corrected chi connectivity index (χ1v) is 11.4. The lowest BCUT2D eigenvalue weighted by Gasteiger charge is -2.40. The molecule has 4 rings (SSSR count). The third kappa shape index (κ3) is 4.17. The molecule has 3 unspecified atom stereocenters. The van der Waals surface area contributed by atoms with Crippen LogP contribution in [0.5, 0.6) is 11.5 Å². The highest BCUT2D eigenvalue weighted by atomic mass is 79.9. The lowest BCUT2D eigenvalue weighted by Crippen LogP contribution is -2.42. The maximum atomic E-state index is 13.6. The number of allylic oxidation sites excluding steroid dienone is 2. The third-order valence-corrected chi connectivity index (χ3v) is 7.03. The highest BCUT2D eigenvalue weighted by molar-refractivity contribution is 9.10. The minimum absolute atomic E-state index is 0.00185. The number of carbonyl (C=O) groups is 2. The Morgan fingerprint density at radius 2 is 1.79 bits per heavy atom. The summed E-state index contributed by atoms with van der Waals surface area (Å²) >= 11 is 3.53. The minimum atomic E-state index is -0.721. The van der Waals surface area contributed by atoms with Crippen molar-refractivity contribution in [3.63, 3.8) is 0 Å². The van der Waals surface area contributed by atoms with Crippen LogP contribution in [0.25, 0.3) is 0 Å². The van der Waals surface area contributed by atoms with Gasteiger partial charge in [0.25, 0.3) is 0 Å². The van der Waals surface area contributed by atoms with Crippen molar-refractivity contribution >= 4 is 27.7 Å². The fraction of sp³-hybridized carbons (Fsp3) is 0.308. The van der Waals surface area contributed by atoms with Crippen LogP contribution in [0, 0.1) is 5.92 Å². The van der Waals surface area contributed by atoms with Crippen molar-refractivity contribution in [3.05, 3.63) is 81.6 Å². The average Bonchev–Trinajstić information content (AvgIpc) is 2.82. The zero-order valence-electron chi connectivity index (χ0n) is 18.8. The van der Waals surface area contributed by atoms with Crippen molar-refractivity contribution in [1.82, 2.24) is 5.32 Å². The lowest BCUT2D eigenvalue weighted by atomic mass is 9.69. The van der Waals surface area contributed by atoms with Gasteiger partial charge < -0.3 is 19.5 Å². The van der Waals surface area contributed by atoms with Crippen molar-refractivity contribution in [1.29, 1.82) is 0 Å². The van der Waals surface area contributed by atoms with Gasteiger partial charge in [0.2, 0.25) is 0 Å². The summed E-state index contributed by atoms with van der Waals surface area (Å²) in [5.41, 5.74) is 3.74. The molecule has 1 heterocycles. The van der Waals surface area contributed by atoms with E-state index >= 15 is 0 Å². The van der Waals surface area contributed by atoms with Crippen LogP contribution in [0.3, 0.4) is 0 Å². The van der Waals surface area contributed by atoms with Gasteiger partial charge in [-0.25, -0.2) is 0 Å². The summed E-state index contributed by atoms with van der Waals surface area (Å²) in [5.74, 6) is -0.270. The second kappa shape index (κ2) is 9.43. The first-order valence-electron chi connectivity index (χ1n) is 10.7. The Labute approximate surface area is 201 Å². The summed E-state index contributed by atoms with van der Waals surface area (Å²) in [7, 11) is 4.57. The van der Waals surface area contributed by atoms with Crippen molar-refractivity contribution in [2.24, 2.45) is 5.92 Å². The number of esters is 1. The standard InChI is InChI=1S/C26H26BrNO5/c1-14-23(26(30)33-4)24(15-9-10-22(32-3)18(27)11-15)25-19(28-14)12-16(13-20(25)29)17-7-5-6-8-21(17)31-2/h5-11,16,23-24,28H,1,12-13H2,2-4H3. The summed E-state index contributed by atoms with van der Waals surface area (Å²) in [6, 6.07) is 13.4.